The minimum atomic E-state index is -1.26. The van der Waals surface area contributed by atoms with E-state index in [0.29, 0.717) is 12.2 Å². The van der Waals surface area contributed by atoms with Gasteiger partial charge >= 0.3 is 11.9 Å². The number of hydrogen-bond donors (Lipinski definition) is 2. The van der Waals surface area contributed by atoms with Crippen LogP contribution in [0.4, 0.5) is 0 Å². The van der Waals surface area contributed by atoms with Crippen LogP contribution in [-0.4, -0.2) is 46.7 Å². The molecule has 0 radical (unpaired) electrons. The summed E-state index contributed by atoms with van der Waals surface area (Å²) in [5, 5.41) is 15.6. The minimum absolute atomic E-state index is 0.558. The summed E-state index contributed by atoms with van der Waals surface area (Å²) < 4.78 is 0. The van der Waals surface area contributed by atoms with Crippen molar-refractivity contribution in [2.45, 2.75) is 45.4 Å². The van der Waals surface area contributed by atoms with Crippen LogP contribution >= 0.6 is 0 Å². The topological polar surface area (TPSA) is 77.8 Å². The van der Waals surface area contributed by atoms with E-state index in [4.69, 9.17) is 10.2 Å². The minimum Gasteiger partial charge on any atom is -0.478 e. The Morgan fingerprint density at radius 2 is 1.53 bits per heavy atom. The van der Waals surface area contributed by atoms with E-state index in [-0.39, 0.29) is 0 Å². The summed E-state index contributed by atoms with van der Waals surface area (Å²) in [4.78, 5) is 21.7. The summed E-state index contributed by atoms with van der Waals surface area (Å²) in [5.41, 5.74) is 0. The first-order valence-electron chi connectivity index (χ1n) is 6.92. The fourth-order valence-electron chi connectivity index (χ4n) is 1.91. The van der Waals surface area contributed by atoms with Gasteiger partial charge in [-0.1, -0.05) is 26.2 Å². The van der Waals surface area contributed by atoms with E-state index in [1.807, 2.05) is 0 Å². The third-order valence-electron chi connectivity index (χ3n) is 2.90. The second-order valence-corrected chi connectivity index (χ2v) is 4.62. The maximum Gasteiger partial charge on any atom is 0.328 e. The summed E-state index contributed by atoms with van der Waals surface area (Å²) in [5.74, 6) is -2.51. The number of likely N-dealkylation sites (tertiary alicyclic amines) is 1. The molecule has 0 bridgehead atoms. The van der Waals surface area contributed by atoms with Gasteiger partial charge in [0.25, 0.3) is 0 Å². The van der Waals surface area contributed by atoms with Crippen molar-refractivity contribution in [1.82, 2.24) is 4.90 Å². The number of unbranched alkanes of at least 4 members (excludes halogenated alkanes) is 3. The van der Waals surface area contributed by atoms with Crippen molar-refractivity contribution in [2.75, 3.05) is 19.6 Å². The highest BCUT2D eigenvalue weighted by Crippen LogP contribution is 2.09. The van der Waals surface area contributed by atoms with Crippen LogP contribution in [0.1, 0.15) is 45.4 Å². The van der Waals surface area contributed by atoms with E-state index >= 15 is 0 Å². The number of nitrogens with zero attached hydrogens (tertiary/aromatic N) is 1. The van der Waals surface area contributed by atoms with Crippen LogP contribution in [-0.2, 0) is 9.59 Å². The van der Waals surface area contributed by atoms with Gasteiger partial charge in [0.2, 0.25) is 0 Å². The fourth-order valence-corrected chi connectivity index (χ4v) is 1.91. The van der Waals surface area contributed by atoms with Gasteiger partial charge in [-0.15, -0.1) is 0 Å². The Labute approximate surface area is 114 Å². The van der Waals surface area contributed by atoms with Crippen LogP contribution in [0, 0.1) is 0 Å². The Bertz CT molecular complexity index is 267. The zero-order valence-corrected chi connectivity index (χ0v) is 11.7. The summed E-state index contributed by atoms with van der Waals surface area (Å²) in [6, 6.07) is 0. The highest BCUT2D eigenvalue weighted by atomic mass is 16.4. The molecule has 1 heterocycles. The normalized spacial score (nSPS) is 15.2. The number of aliphatic carboxylic acids is 2. The van der Waals surface area contributed by atoms with Gasteiger partial charge in [0, 0.05) is 12.2 Å². The summed E-state index contributed by atoms with van der Waals surface area (Å²) in [6.07, 6.45) is 9.64. The number of carboxylic acids is 2. The van der Waals surface area contributed by atoms with Crippen molar-refractivity contribution in [1.29, 1.82) is 0 Å². The molecule has 0 spiro atoms. The molecule has 0 atom stereocenters. The first kappa shape index (κ1) is 17.6. The highest BCUT2D eigenvalue weighted by molar-refractivity contribution is 5.89. The lowest BCUT2D eigenvalue weighted by Crippen LogP contribution is -2.20. The lowest BCUT2D eigenvalue weighted by molar-refractivity contribution is -0.134. The number of hydrogen-bond acceptors (Lipinski definition) is 3. The quantitative estimate of drug-likeness (QED) is 0.549. The van der Waals surface area contributed by atoms with Crippen LogP contribution in [0.3, 0.4) is 0 Å². The van der Waals surface area contributed by atoms with Crippen molar-refractivity contribution >= 4 is 11.9 Å². The van der Waals surface area contributed by atoms with Gasteiger partial charge in [0.1, 0.15) is 0 Å². The molecule has 5 nitrogen and oxygen atoms in total. The van der Waals surface area contributed by atoms with Crippen molar-refractivity contribution < 1.29 is 19.8 Å². The molecule has 1 aliphatic rings. The molecule has 0 aromatic rings. The molecule has 0 unspecified atom stereocenters. The molecule has 0 aromatic heterocycles. The van der Waals surface area contributed by atoms with Crippen molar-refractivity contribution in [3.8, 4) is 0 Å². The smallest absolute Gasteiger partial charge is 0.328 e. The molecule has 0 aliphatic carbocycles. The molecule has 2 N–H and O–H groups in total. The zero-order chi connectivity index (χ0) is 14.5. The largest absolute Gasteiger partial charge is 0.478 e. The van der Waals surface area contributed by atoms with Crippen LogP contribution in [0.25, 0.3) is 0 Å². The Kier molecular flexibility index (Phi) is 10.9. The molecular formula is C14H25NO4. The predicted octanol–water partition coefficient (Wildman–Crippen LogP) is 2.37. The third kappa shape index (κ3) is 12.9. The maximum absolute atomic E-state index is 9.55. The van der Waals surface area contributed by atoms with Gasteiger partial charge in [-0.25, -0.2) is 9.59 Å². The molecule has 110 valence electrons. The summed E-state index contributed by atoms with van der Waals surface area (Å²) in [6.45, 7) is 6.37. The zero-order valence-electron chi connectivity index (χ0n) is 11.7. The predicted molar refractivity (Wildman–Crippen MR) is 74.2 cm³/mol. The lowest BCUT2D eigenvalue weighted by atomic mass is 10.2. The van der Waals surface area contributed by atoms with E-state index in [1.54, 1.807) is 0 Å². The van der Waals surface area contributed by atoms with E-state index < -0.39 is 11.9 Å². The molecule has 0 amide bonds. The first-order chi connectivity index (χ1) is 9.06. The second kappa shape index (κ2) is 11.7. The number of rotatable bonds is 7. The van der Waals surface area contributed by atoms with Gasteiger partial charge in [-0.3, -0.25) is 0 Å². The van der Waals surface area contributed by atoms with Crippen LogP contribution in [0.5, 0.6) is 0 Å². The fraction of sp³-hybridized carbons (Fsp3) is 0.714. The van der Waals surface area contributed by atoms with E-state index in [9.17, 15) is 9.59 Å². The lowest BCUT2D eigenvalue weighted by Gasteiger charge is -2.13. The molecule has 19 heavy (non-hydrogen) atoms. The maximum atomic E-state index is 9.55. The summed E-state index contributed by atoms with van der Waals surface area (Å²) >= 11 is 0. The van der Waals surface area contributed by atoms with Crippen LogP contribution in [0.15, 0.2) is 12.2 Å². The van der Waals surface area contributed by atoms with Crippen LogP contribution in [0.2, 0.25) is 0 Å². The first-order valence-corrected chi connectivity index (χ1v) is 6.92. The number of carbonyl (C=O) groups is 2. The Balaban J connectivity index is 0.000000362. The summed E-state index contributed by atoms with van der Waals surface area (Å²) in [7, 11) is 0. The molecule has 1 aliphatic heterocycles. The van der Waals surface area contributed by atoms with Gasteiger partial charge < -0.3 is 15.1 Å². The van der Waals surface area contributed by atoms with Gasteiger partial charge in [-0.2, -0.15) is 0 Å². The average Bonchev–Trinajstić information content (AvgIpc) is 2.86. The highest BCUT2D eigenvalue weighted by Gasteiger charge is 2.09. The Morgan fingerprint density at radius 3 is 1.95 bits per heavy atom. The Morgan fingerprint density at radius 1 is 1.00 bits per heavy atom. The molecule has 1 rings (SSSR count). The van der Waals surface area contributed by atoms with Crippen molar-refractivity contribution in [3.63, 3.8) is 0 Å². The number of carboxylic acid groups (broad SMARTS) is 2. The second-order valence-electron chi connectivity index (χ2n) is 4.62. The third-order valence-corrected chi connectivity index (χ3v) is 2.90. The van der Waals surface area contributed by atoms with Gasteiger partial charge in [0.15, 0.2) is 0 Å². The van der Waals surface area contributed by atoms with E-state index in [2.05, 4.69) is 11.8 Å². The molecule has 1 saturated heterocycles. The van der Waals surface area contributed by atoms with Crippen molar-refractivity contribution in [2.24, 2.45) is 0 Å². The standard InChI is InChI=1S/C10H21N.C4H4O4/c1-2-3-4-5-8-11-9-6-7-10-11;5-3(6)1-2-4(7)8/h2-10H2,1H3;1-2H,(H,5,6)(H,7,8)/b;2-1-. The molecule has 1 fully saturated rings. The van der Waals surface area contributed by atoms with Crippen molar-refractivity contribution in [3.05, 3.63) is 12.2 Å². The SMILES string of the molecule is CCCCCCN1CCCC1.O=C(O)/C=C\C(=O)O. The molecule has 0 aromatic carbocycles. The molecular weight excluding hydrogens is 246 g/mol. The monoisotopic (exact) mass is 271 g/mol. The van der Waals surface area contributed by atoms with Gasteiger partial charge in [-0.05, 0) is 38.9 Å². The molecule has 5 heteroatoms. The molecule has 0 saturated carbocycles. The van der Waals surface area contributed by atoms with Gasteiger partial charge in [0.05, 0.1) is 0 Å². The Hall–Kier alpha value is -1.36. The van der Waals surface area contributed by atoms with E-state index in [1.165, 1.54) is 58.2 Å². The van der Waals surface area contributed by atoms with E-state index in [0.717, 1.165) is 0 Å². The average molecular weight is 271 g/mol. The van der Waals surface area contributed by atoms with Crippen LogP contribution < -0.4 is 0 Å².